The maximum Gasteiger partial charge on any atom is 0.194 e. The molecule has 0 bridgehead atoms. The Morgan fingerprint density at radius 2 is 1.37 bits per heavy atom. The van der Waals surface area contributed by atoms with Gasteiger partial charge in [-0.25, -0.2) is 0 Å². The van der Waals surface area contributed by atoms with Crippen molar-refractivity contribution in [1.29, 1.82) is 0 Å². The Morgan fingerprint density at radius 3 is 2.16 bits per heavy atom. The Labute approximate surface area is 109 Å². The highest BCUT2D eigenvalue weighted by Crippen LogP contribution is 2.43. The minimum Gasteiger partial charge on any atom is -0.507 e. The molecule has 0 saturated heterocycles. The van der Waals surface area contributed by atoms with Crippen molar-refractivity contribution >= 4 is 16.6 Å². The van der Waals surface area contributed by atoms with Gasteiger partial charge < -0.3 is 5.11 Å². The van der Waals surface area contributed by atoms with Crippen LogP contribution in [0.4, 0.5) is 0 Å². The first kappa shape index (κ1) is 10.3. The van der Waals surface area contributed by atoms with E-state index in [1.807, 2.05) is 48.5 Å². The molecule has 3 aromatic rings. The van der Waals surface area contributed by atoms with Gasteiger partial charge in [-0.05, 0) is 22.6 Å². The Balaban J connectivity index is 2.22. The monoisotopic (exact) mass is 246 g/mol. The third-order valence-corrected chi connectivity index (χ3v) is 3.71. The van der Waals surface area contributed by atoms with E-state index >= 15 is 0 Å². The van der Waals surface area contributed by atoms with E-state index in [9.17, 15) is 9.90 Å². The van der Waals surface area contributed by atoms with Gasteiger partial charge >= 0.3 is 0 Å². The zero-order valence-corrected chi connectivity index (χ0v) is 10.1. The molecule has 0 aliphatic heterocycles. The van der Waals surface area contributed by atoms with Gasteiger partial charge in [-0.1, -0.05) is 48.5 Å². The van der Waals surface area contributed by atoms with E-state index in [0.717, 1.165) is 21.9 Å². The maximum absolute atomic E-state index is 12.5. The summed E-state index contributed by atoms with van der Waals surface area (Å²) in [4.78, 5) is 12.5. The Bertz CT molecular complexity index is 847. The molecule has 0 heterocycles. The van der Waals surface area contributed by atoms with E-state index in [1.54, 1.807) is 6.07 Å². The van der Waals surface area contributed by atoms with Gasteiger partial charge in [0.05, 0.1) is 0 Å². The molecule has 90 valence electrons. The molecule has 0 radical (unpaired) electrons. The number of ketones is 1. The second-order valence-corrected chi connectivity index (χ2v) is 4.74. The number of aromatic hydroxyl groups is 1. The SMILES string of the molecule is O=C1c2ccccc2-c2cc(O)c3ccccc3c21. The predicted molar refractivity (Wildman–Crippen MR) is 74.5 cm³/mol. The summed E-state index contributed by atoms with van der Waals surface area (Å²) in [7, 11) is 0. The van der Waals surface area contributed by atoms with Gasteiger partial charge in [-0.15, -0.1) is 0 Å². The summed E-state index contributed by atoms with van der Waals surface area (Å²) in [5.74, 6) is 0.264. The lowest BCUT2D eigenvalue weighted by Crippen LogP contribution is -1.96. The highest BCUT2D eigenvalue weighted by molar-refractivity contribution is 6.28. The quantitative estimate of drug-likeness (QED) is 0.513. The number of carbonyl (C=O) groups excluding carboxylic acids is 1. The van der Waals surface area contributed by atoms with E-state index in [1.165, 1.54) is 0 Å². The number of phenols is 1. The zero-order chi connectivity index (χ0) is 13.0. The lowest BCUT2D eigenvalue weighted by molar-refractivity contribution is 0.104. The average molecular weight is 246 g/mol. The first-order valence-electron chi connectivity index (χ1n) is 6.16. The molecule has 1 aliphatic carbocycles. The molecule has 19 heavy (non-hydrogen) atoms. The van der Waals surface area contributed by atoms with Crippen LogP contribution in [0.5, 0.6) is 5.75 Å². The number of hydrogen-bond acceptors (Lipinski definition) is 2. The Morgan fingerprint density at radius 1 is 0.737 bits per heavy atom. The highest BCUT2D eigenvalue weighted by Gasteiger charge is 2.29. The molecular weight excluding hydrogens is 236 g/mol. The van der Waals surface area contributed by atoms with E-state index in [4.69, 9.17) is 0 Å². The number of benzene rings is 3. The fourth-order valence-corrected chi connectivity index (χ4v) is 2.86. The molecule has 2 nitrogen and oxygen atoms in total. The Hall–Kier alpha value is -2.61. The minimum absolute atomic E-state index is 0.0433. The third-order valence-electron chi connectivity index (χ3n) is 3.71. The fraction of sp³-hybridized carbons (Fsp3) is 0. The van der Waals surface area contributed by atoms with Crippen molar-refractivity contribution in [2.45, 2.75) is 0 Å². The maximum atomic E-state index is 12.5. The van der Waals surface area contributed by atoms with Crippen molar-refractivity contribution in [2.24, 2.45) is 0 Å². The van der Waals surface area contributed by atoms with Crippen LogP contribution in [-0.4, -0.2) is 10.9 Å². The van der Waals surface area contributed by atoms with Gasteiger partial charge in [0.15, 0.2) is 5.78 Å². The van der Waals surface area contributed by atoms with Crippen molar-refractivity contribution in [3.63, 3.8) is 0 Å². The molecule has 1 aliphatic rings. The van der Waals surface area contributed by atoms with Crippen LogP contribution in [0.25, 0.3) is 21.9 Å². The molecule has 0 amide bonds. The average Bonchev–Trinajstić information content (AvgIpc) is 2.73. The molecule has 0 atom stereocenters. The molecular formula is C17H10O2. The van der Waals surface area contributed by atoms with Gasteiger partial charge in [-0.3, -0.25) is 4.79 Å². The molecule has 0 fully saturated rings. The molecule has 0 spiro atoms. The molecule has 4 rings (SSSR count). The standard InChI is InChI=1S/C17H10O2/c18-15-9-14-10-5-1-4-8-13(10)17(19)16(14)12-7-3-2-6-11(12)15/h1-9,18H. The molecule has 1 N–H and O–H groups in total. The normalized spacial score (nSPS) is 12.5. The largest absolute Gasteiger partial charge is 0.507 e. The highest BCUT2D eigenvalue weighted by atomic mass is 16.3. The van der Waals surface area contributed by atoms with Crippen LogP contribution in [0.1, 0.15) is 15.9 Å². The first-order valence-corrected chi connectivity index (χ1v) is 6.16. The molecule has 0 aromatic heterocycles. The van der Waals surface area contributed by atoms with Gasteiger partial charge in [0.2, 0.25) is 0 Å². The van der Waals surface area contributed by atoms with Crippen LogP contribution in [-0.2, 0) is 0 Å². The van der Waals surface area contributed by atoms with Gasteiger partial charge in [0, 0.05) is 16.5 Å². The summed E-state index contributed by atoms with van der Waals surface area (Å²) in [6.07, 6.45) is 0. The summed E-state index contributed by atoms with van der Waals surface area (Å²) < 4.78 is 0. The minimum atomic E-state index is 0.0433. The van der Waals surface area contributed by atoms with Crippen LogP contribution < -0.4 is 0 Å². The second kappa shape index (κ2) is 3.45. The fourth-order valence-electron chi connectivity index (χ4n) is 2.86. The summed E-state index contributed by atoms with van der Waals surface area (Å²) in [6.45, 7) is 0. The van der Waals surface area contributed by atoms with Crippen molar-refractivity contribution in [3.05, 3.63) is 65.7 Å². The van der Waals surface area contributed by atoms with Crippen molar-refractivity contribution in [1.82, 2.24) is 0 Å². The second-order valence-electron chi connectivity index (χ2n) is 4.74. The topological polar surface area (TPSA) is 37.3 Å². The molecule has 0 saturated carbocycles. The van der Waals surface area contributed by atoms with E-state index in [-0.39, 0.29) is 11.5 Å². The van der Waals surface area contributed by atoms with Crippen molar-refractivity contribution < 1.29 is 9.90 Å². The lowest BCUT2D eigenvalue weighted by Gasteiger charge is -2.06. The molecule has 3 aromatic carbocycles. The van der Waals surface area contributed by atoms with E-state index in [2.05, 4.69) is 0 Å². The summed E-state index contributed by atoms with van der Waals surface area (Å²) in [5, 5.41) is 11.7. The van der Waals surface area contributed by atoms with E-state index < -0.39 is 0 Å². The van der Waals surface area contributed by atoms with Crippen LogP contribution >= 0.6 is 0 Å². The zero-order valence-electron chi connectivity index (χ0n) is 10.1. The van der Waals surface area contributed by atoms with Crippen LogP contribution in [0.15, 0.2) is 54.6 Å². The number of rotatable bonds is 0. The Kier molecular flexibility index (Phi) is 1.88. The number of fused-ring (bicyclic) bond motifs is 5. The molecule has 2 heteroatoms. The number of hydrogen-bond donors (Lipinski definition) is 1. The summed E-state index contributed by atoms with van der Waals surface area (Å²) >= 11 is 0. The first-order chi connectivity index (χ1) is 9.27. The van der Waals surface area contributed by atoms with Gasteiger partial charge in [-0.2, -0.15) is 0 Å². The summed E-state index contributed by atoms with van der Waals surface area (Å²) in [5.41, 5.74) is 3.16. The smallest absolute Gasteiger partial charge is 0.194 e. The summed E-state index contributed by atoms with van der Waals surface area (Å²) in [6, 6.07) is 16.7. The molecule has 0 unspecified atom stereocenters. The van der Waals surface area contributed by atoms with E-state index in [0.29, 0.717) is 11.1 Å². The predicted octanol–water partition coefficient (Wildman–Crippen LogP) is 3.76. The van der Waals surface area contributed by atoms with Crippen LogP contribution in [0.3, 0.4) is 0 Å². The lowest BCUT2D eigenvalue weighted by atomic mass is 9.98. The number of phenolic OH excluding ortho intramolecular Hbond substituents is 1. The van der Waals surface area contributed by atoms with Crippen molar-refractivity contribution in [2.75, 3.05) is 0 Å². The van der Waals surface area contributed by atoms with Crippen LogP contribution in [0.2, 0.25) is 0 Å². The van der Waals surface area contributed by atoms with Gasteiger partial charge in [0.1, 0.15) is 5.75 Å². The van der Waals surface area contributed by atoms with Gasteiger partial charge in [0.25, 0.3) is 0 Å². The number of carbonyl (C=O) groups is 1. The van der Waals surface area contributed by atoms with Crippen LogP contribution in [0, 0.1) is 0 Å². The third kappa shape index (κ3) is 1.23. The van der Waals surface area contributed by atoms with Crippen molar-refractivity contribution in [3.8, 4) is 16.9 Å².